The van der Waals surface area contributed by atoms with Gasteiger partial charge in [-0.25, -0.2) is 13.4 Å². The maximum absolute atomic E-state index is 10.9. The molecular weight excluding hydrogens is 254 g/mol. The predicted octanol–water partition coefficient (Wildman–Crippen LogP) is 2.18. The fraction of sp³-hybridized carbons (Fsp3) is 0.444. The zero-order valence-corrected chi connectivity index (χ0v) is 10.9. The van der Waals surface area contributed by atoms with Gasteiger partial charge >= 0.3 is 0 Å². The van der Waals surface area contributed by atoms with Gasteiger partial charge < -0.3 is 0 Å². The number of aromatic nitrogens is 1. The van der Waals surface area contributed by atoms with Gasteiger partial charge in [0.2, 0.25) is 0 Å². The Bertz CT molecular complexity index is 445. The molecular formula is C9H12ClNO2S2. The van der Waals surface area contributed by atoms with E-state index in [-0.39, 0.29) is 5.75 Å². The van der Waals surface area contributed by atoms with Crippen LogP contribution in [-0.2, 0) is 9.84 Å². The summed E-state index contributed by atoms with van der Waals surface area (Å²) in [6.07, 6.45) is 2.92. The Balaban J connectivity index is 2.61. The zero-order chi connectivity index (χ0) is 11.5. The molecule has 15 heavy (non-hydrogen) atoms. The van der Waals surface area contributed by atoms with Gasteiger partial charge in [-0.3, -0.25) is 0 Å². The number of nitrogens with zero attached hydrogens (tertiary/aromatic N) is 1. The molecule has 0 aliphatic heterocycles. The largest absolute Gasteiger partial charge is 0.244 e. The monoisotopic (exact) mass is 265 g/mol. The van der Waals surface area contributed by atoms with Gasteiger partial charge in [-0.1, -0.05) is 11.6 Å². The Morgan fingerprint density at radius 1 is 1.53 bits per heavy atom. The predicted molar refractivity (Wildman–Crippen MR) is 64.4 cm³/mol. The van der Waals surface area contributed by atoms with Crippen LogP contribution in [-0.4, -0.2) is 31.2 Å². The van der Waals surface area contributed by atoms with Crippen LogP contribution in [0.5, 0.6) is 0 Å². The molecule has 0 N–H and O–H groups in total. The van der Waals surface area contributed by atoms with E-state index >= 15 is 0 Å². The van der Waals surface area contributed by atoms with Crippen LogP contribution in [0.25, 0.3) is 0 Å². The van der Waals surface area contributed by atoms with Crippen LogP contribution in [0.3, 0.4) is 0 Å². The molecule has 1 aromatic rings. The molecule has 0 aromatic carbocycles. The molecule has 0 saturated carbocycles. The summed E-state index contributed by atoms with van der Waals surface area (Å²) in [7, 11) is -2.89. The first-order chi connectivity index (χ1) is 6.88. The Morgan fingerprint density at radius 2 is 2.20 bits per heavy atom. The van der Waals surface area contributed by atoms with Gasteiger partial charge in [-0.15, -0.1) is 11.8 Å². The van der Waals surface area contributed by atoms with Gasteiger partial charge in [0.25, 0.3) is 0 Å². The fourth-order valence-corrected chi connectivity index (χ4v) is 3.40. The molecule has 0 aliphatic rings. The van der Waals surface area contributed by atoms with Gasteiger partial charge in [0, 0.05) is 23.1 Å². The van der Waals surface area contributed by atoms with Crippen molar-refractivity contribution in [1.29, 1.82) is 0 Å². The summed E-state index contributed by atoms with van der Waals surface area (Å²) in [6.45, 7) is 1.92. The molecule has 0 atom stereocenters. The van der Waals surface area contributed by atoms with Gasteiger partial charge in [0.05, 0.1) is 5.75 Å². The van der Waals surface area contributed by atoms with Crippen molar-refractivity contribution in [3.8, 4) is 0 Å². The van der Waals surface area contributed by atoms with Crippen LogP contribution >= 0.6 is 23.4 Å². The Hall–Kier alpha value is -0.260. The van der Waals surface area contributed by atoms with E-state index in [1.54, 1.807) is 12.3 Å². The Kier molecular flexibility index (Phi) is 4.43. The molecule has 6 heteroatoms. The van der Waals surface area contributed by atoms with Crippen molar-refractivity contribution in [3.63, 3.8) is 0 Å². The number of rotatable bonds is 4. The van der Waals surface area contributed by atoms with Crippen molar-refractivity contribution in [2.24, 2.45) is 0 Å². The lowest BCUT2D eigenvalue weighted by Gasteiger charge is -2.04. The van der Waals surface area contributed by atoms with Gasteiger partial charge in [0.1, 0.15) is 15.0 Å². The van der Waals surface area contributed by atoms with Crippen molar-refractivity contribution in [1.82, 2.24) is 4.98 Å². The molecule has 0 fully saturated rings. The molecule has 3 nitrogen and oxygen atoms in total. The van der Waals surface area contributed by atoms with Gasteiger partial charge in [0.15, 0.2) is 0 Å². The molecule has 0 spiro atoms. The molecule has 84 valence electrons. The summed E-state index contributed by atoms with van der Waals surface area (Å²) in [6, 6.07) is 1.75. The number of thioether (sulfide) groups is 1. The number of pyridine rings is 1. The van der Waals surface area contributed by atoms with Crippen LogP contribution in [0.1, 0.15) is 5.56 Å². The van der Waals surface area contributed by atoms with E-state index in [1.165, 1.54) is 18.0 Å². The van der Waals surface area contributed by atoms with Crippen molar-refractivity contribution in [2.45, 2.75) is 11.8 Å². The minimum Gasteiger partial charge on any atom is -0.244 e. The van der Waals surface area contributed by atoms with Crippen LogP contribution in [0, 0.1) is 6.92 Å². The smallest absolute Gasteiger partial charge is 0.148 e. The minimum absolute atomic E-state index is 0.178. The number of hydrogen-bond acceptors (Lipinski definition) is 4. The van der Waals surface area contributed by atoms with Crippen molar-refractivity contribution in [2.75, 3.05) is 17.8 Å². The average Bonchev–Trinajstić information content (AvgIpc) is 2.09. The third kappa shape index (κ3) is 4.86. The van der Waals surface area contributed by atoms with E-state index in [0.717, 1.165) is 10.5 Å². The maximum Gasteiger partial charge on any atom is 0.148 e. The first kappa shape index (κ1) is 12.8. The van der Waals surface area contributed by atoms with E-state index in [0.29, 0.717) is 10.9 Å². The van der Waals surface area contributed by atoms with Crippen molar-refractivity contribution < 1.29 is 8.42 Å². The van der Waals surface area contributed by atoms with Gasteiger partial charge in [-0.05, 0) is 18.6 Å². The third-order valence-corrected chi connectivity index (χ3v) is 4.30. The lowest BCUT2D eigenvalue weighted by Crippen LogP contribution is -2.05. The van der Waals surface area contributed by atoms with E-state index in [9.17, 15) is 8.42 Å². The zero-order valence-electron chi connectivity index (χ0n) is 8.53. The highest BCUT2D eigenvalue weighted by molar-refractivity contribution is 8.00. The molecule has 0 saturated heterocycles. The summed E-state index contributed by atoms with van der Waals surface area (Å²) in [5.74, 6) is 0.719. The lowest BCUT2D eigenvalue weighted by molar-refractivity contribution is 0.603. The summed E-state index contributed by atoms with van der Waals surface area (Å²) >= 11 is 7.23. The van der Waals surface area contributed by atoms with Gasteiger partial charge in [-0.2, -0.15) is 0 Å². The number of aryl methyl sites for hydroxylation is 1. The molecule has 0 amide bonds. The fourth-order valence-electron chi connectivity index (χ4n) is 0.940. The van der Waals surface area contributed by atoms with E-state index in [1.807, 2.05) is 6.92 Å². The molecule has 0 unspecified atom stereocenters. The topological polar surface area (TPSA) is 47.0 Å². The number of sulfone groups is 1. The summed E-state index contributed by atoms with van der Waals surface area (Å²) in [4.78, 5) is 4.91. The number of hydrogen-bond donors (Lipinski definition) is 0. The highest BCUT2D eigenvalue weighted by Crippen LogP contribution is 2.24. The summed E-state index contributed by atoms with van der Waals surface area (Å²) in [5, 5.41) is 0.433. The van der Waals surface area contributed by atoms with Crippen LogP contribution in [0.15, 0.2) is 17.2 Å². The van der Waals surface area contributed by atoms with Crippen LogP contribution in [0.2, 0.25) is 5.15 Å². The number of halogens is 1. The second-order valence-electron chi connectivity index (χ2n) is 3.25. The van der Waals surface area contributed by atoms with Crippen LogP contribution < -0.4 is 0 Å². The quantitative estimate of drug-likeness (QED) is 0.618. The first-order valence-electron chi connectivity index (χ1n) is 4.31. The SMILES string of the molecule is Cc1cnc(Cl)cc1SCCS(C)(=O)=O. The second-order valence-corrected chi connectivity index (χ2v) is 7.03. The van der Waals surface area contributed by atoms with E-state index in [2.05, 4.69) is 4.98 Å². The molecule has 0 aliphatic carbocycles. The highest BCUT2D eigenvalue weighted by Gasteiger charge is 2.05. The maximum atomic E-state index is 10.9. The normalized spacial score (nSPS) is 11.7. The van der Waals surface area contributed by atoms with Crippen LogP contribution in [0.4, 0.5) is 0 Å². The molecule has 1 rings (SSSR count). The van der Waals surface area contributed by atoms with Crippen molar-refractivity contribution in [3.05, 3.63) is 23.0 Å². The third-order valence-electron chi connectivity index (χ3n) is 1.73. The Morgan fingerprint density at radius 3 is 2.80 bits per heavy atom. The molecule has 0 radical (unpaired) electrons. The van der Waals surface area contributed by atoms with E-state index < -0.39 is 9.84 Å². The summed E-state index contributed by atoms with van der Waals surface area (Å²) < 4.78 is 21.8. The average molecular weight is 266 g/mol. The minimum atomic E-state index is -2.89. The highest BCUT2D eigenvalue weighted by atomic mass is 35.5. The molecule has 1 heterocycles. The summed E-state index contributed by atoms with van der Waals surface area (Å²) in [5.41, 5.74) is 1.01. The second kappa shape index (κ2) is 5.18. The standard InChI is InChI=1S/C9H12ClNO2S2/c1-7-6-11-9(10)5-8(7)14-3-4-15(2,12)13/h5-6H,3-4H2,1-2H3. The molecule has 0 bridgehead atoms. The Labute approximate surface area is 99.2 Å². The first-order valence-corrected chi connectivity index (χ1v) is 7.73. The van der Waals surface area contributed by atoms with E-state index in [4.69, 9.17) is 11.6 Å². The lowest BCUT2D eigenvalue weighted by atomic mass is 10.3. The molecule has 1 aromatic heterocycles. The van der Waals surface area contributed by atoms with Crippen molar-refractivity contribution >= 4 is 33.2 Å².